The van der Waals surface area contributed by atoms with Crippen molar-refractivity contribution in [3.05, 3.63) is 45.5 Å². The Morgan fingerprint density at radius 1 is 1.47 bits per heavy atom. The molecule has 0 atom stereocenters. The molecule has 2 rings (SSSR count). The quantitative estimate of drug-likeness (QED) is 0.830. The maximum atomic E-state index is 13.1. The Labute approximate surface area is 95.7 Å². The third-order valence-electron chi connectivity index (χ3n) is 2.69. The fourth-order valence-electron chi connectivity index (χ4n) is 1.83. The predicted octanol–water partition coefficient (Wildman–Crippen LogP) is 1.60. The molecule has 0 saturated carbocycles. The molecular weight excluding hydrogens is 225 g/mol. The lowest BCUT2D eigenvalue weighted by atomic mass is 10.0. The van der Waals surface area contributed by atoms with Crippen molar-refractivity contribution in [2.45, 2.75) is 13.3 Å². The zero-order valence-electron chi connectivity index (χ0n) is 9.08. The van der Waals surface area contributed by atoms with E-state index in [1.807, 2.05) is 0 Å². The van der Waals surface area contributed by atoms with E-state index in [1.165, 1.54) is 18.2 Å². The summed E-state index contributed by atoms with van der Waals surface area (Å²) in [5.41, 5.74) is 0.730. The maximum absolute atomic E-state index is 13.1. The van der Waals surface area contributed by atoms with Gasteiger partial charge in [0.05, 0.1) is 6.42 Å². The van der Waals surface area contributed by atoms with Gasteiger partial charge in [-0.1, -0.05) is 0 Å². The minimum absolute atomic E-state index is 0.163. The van der Waals surface area contributed by atoms with Crippen LogP contribution in [0.3, 0.4) is 0 Å². The van der Waals surface area contributed by atoms with Gasteiger partial charge in [0, 0.05) is 16.5 Å². The molecule has 0 aliphatic rings. The Morgan fingerprint density at radius 3 is 2.82 bits per heavy atom. The average Bonchev–Trinajstić information content (AvgIpc) is 2.25. The maximum Gasteiger partial charge on any atom is 0.308 e. The van der Waals surface area contributed by atoms with Crippen molar-refractivity contribution < 1.29 is 14.3 Å². The number of carboxylic acids is 1. The lowest BCUT2D eigenvalue weighted by Gasteiger charge is -2.06. The van der Waals surface area contributed by atoms with E-state index < -0.39 is 17.3 Å². The SMILES string of the molecule is Cc1c(CC(=O)O)c(=O)[nH]c2ccc(F)cc12. The Bertz CT molecular complexity index is 661. The van der Waals surface area contributed by atoms with Crippen molar-refractivity contribution in [1.82, 2.24) is 4.98 Å². The van der Waals surface area contributed by atoms with E-state index >= 15 is 0 Å². The molecule has 0 amide bonds. The first-order valence-corrected chi connectivity index (χ1v) is 5.02. The van der Waals surface area contributed by atoms with Crippen molar-refractivity contribution in [3.63, 3.8) is 0 Å². The van der Waals surface area contributed by atoms with E-state index in [0.717, 1.165) is 0 Å². The zero-order valence-corrected chi connectivity index (χ0v) is 9.08. The van der Waals surface area contributed by atoms with Crippen LogP contribution in [-0.2, 0) is 11.2 Å². The number of carboxylic acid groups (broad SMARTS) is 1. The Kier molecular flexibility index (Phi) is 2.67. The van der Waals surface area contributed by atoms with Gasteiger partial charge in [0.25, 0.3) is 5.56 Å². The number of nitrogens with one attached hydrogen (secondary N) is 1. The van der Waals surface area contributed by atoms with Crippen LogP contribution in [0.5, 0.6) is 0 Å². The summed E-state index contributed by atoms with van der Waals surface area (Å²) in [7, 11) is 0. The van der Waals surface area contributed by atoms with Gasteiger partial charge in [-0.15, -0.1) is 0 Å². The van der Waals surface area contributed by atoms with E-state index in [0.29, 0.717) is 16.5 Å². The number of hydrogen-bond acceptors (Lipinski definition) is 2. The fraction of sp³-hybridized carbons (Fsp3) is 0.167. The standard InChI is InChI=1S/C12H10FNO3/c1-6-8-4-7(13)2-3-10(8)14-12(17)9(6)5-11(15)16/h2-4H,5H2,1H3,(H,14,17)(H,15,16). The van der Waals surface area contributed by atoms with Gasteiger partial charge in [-0.25, -0.2) is 4.39 Å². The summed E-state index contributed by atoms with van der Waals surface area (Å²) in [5, 5.41) is 9.24. The first-order valence-electron chi connectivity index (χ1n) is 5.02. The summed E-state index contributed by atoms with van der Waals surface area (Å²) >= 11 is 0. The van der Waals surface area contributed by atoms with Crippen molar-refractivity contribution >= 4 is 16.9 Å². The normalized spacial score (nSPS) is 10.7. The van der Waals surface area contributed by atoms with Crippen LogP contribution in [0.1, 0.15) is 11.1 Å². The topological polar surface area (TPSA) is 70.2 Å². The van der Waals surface area contributed by atoms with Gasteiger partial charge in [0.1, 0.15) is 5.82 Å². The molecule has 2 N–H and O–H groups in total. The summed E-state index contributed by atoms with van der Waals surface area (Å²) in [5.74, 6) is -1.51. The molecule has 1 heterocycles. The van der Waals surface area contributed by atoms with Crippen LogP contribution < -0.4 is 5.56 Å². The molecule has 0 bridgehead atoms. The highest BCUT2D eigenvalue weighted by Crippen LogP contribution is 2.18. The number of benzene rings is 1. The van der Waals surface area contributed by atoms with Gasteiger partial charge in [-0.2, -0.15) is 0 Å². The number of aromatic nitrogens is 1. The molecule has 4 nitrogen and oxygen atoms in total. The molecule has 1 aromatic carbocycles. The first-order chi connectivity index (χ1) is 7.99. The molecule has 0 fully saturated rings. The van der Waals surface area contributed by atoms with Crippen molar-refractivity contribution in [3.8, 4) is 0 Å². The van der Waals surface area contributed by atoms with Crippen LogP contribution in [-0.4, -0.2) is 16.1 Å². The number of H-pyrrole nitrogens is 1. The van der Waals surface area contributed by atoms with Crippen LogP contribution in [0, 0.1) is 12.7 Å². The van der Waals surface area contributed by atoms with Gasteiger partial charge in [-0.3, -0.25) is 9.59 Å². The summed E-state index contributed by atoms with van der Waals surface area (Å²) < 4.78 is 13.1. The Hall–Kier alpha value is -2.17. The molecule has 5 heteroatoms. The number of aromatic amines is 1. The molecule has 2 aromatic rings. The predicted molar refractivity (Wildman–Crippen MR) is 60.6 cm³/mol. The van der Waals surface area contributed by atoms with Crippen LogP contribution >= 0.6 is 0 Å². The monoisotopic (exact) mass is 235 g/mol. The van der Waals surface area contributed by atoms with Gasteiger partial charge in [-0.05, 0) is 30.7 Å². The van der Waals surface area contributed by atoms with E-state index in [1.54, 1.807) is 6.92 Å². The Balaban J connectivity index is 2.77. The summed E-state index contributed by atoms with van der Waals surface area (Å²) in [4.78, 5) is 24.9. The molecule has 0 spiro atoms. The van der Waals surface area contributed by atoms with E-state index in [-0.39, 0.29) is 12.0 Å². The first kappa shape index (κ1) is 11.3. The second-order valence-corrected chi connectivity index (χ2v) is 3.82. The number of aliphatic carboxylic acids is 1. The molecule has 17 heavy (non-hydrogen) atoms. The van der Waals surface area contributed by atoms with Crippen LogP contribution in [0.15, 0.2) is 23.0 Å². The second kappa shape index (κ2) is 4.01. The van der Waals surface area contributed by atoms with Gasteiger partial charge < -0.3 is 10.1 Å². The number of pyridine rings is 1. The molecule has 0 aliphatic carbocycles. The molecule has 1 aromatic heterocycles. The summed E-state index contributed by atoms with van der Waals surface area (Å²) in [6.45, 7) is 1.62. The lowest BCUT2D eigenvalue weighted by molar-refractivity contribution is -0.136. The molecular formula is C12H10FNO3. The van der Waals surface area contributed by atoms with Crippen LogP contribution in [0.25, 0.3) is 10.9 Å². The number of rotatable bonds is 2. The van der Waals surface area contributed by atoms with Gasteiger partial charge in [0.15, 0.2) is 0 Å². The highest BCUT2D eigenvalue weighted by Gasteiger charge is 2.12. The van der Waals surface area contributed by atoms with E-state index in [2.05, 4.69) is 4.98 Å². The number of hydrogen-bond donors (Lipinski definition) is 2. The third-order valence-corrected chi connectivity index (χ3v) is 2.69. The van der Waals surface area contributed by atoms with Crippen molar-refractivity contribution in [2.24, 2.45) is 0 Å². The second-order valence-electron chi connectivity index (χ2n) is 3.82. The van der Waals surface area contributed by atoms with E-state index in [9.17, 15) is 14.0 Å². The number of aryl methyl sites for hydroxylation is 1. The van der Waals surface area contributed by atoms with Gasteiger partial charge in [0.2, 0.25) is 0 Å². The summed E-state index contributed by atoms with van der Waals surface area (Å²) in [6.07, 6.45) is -0.367. The smallest absolute Gasteiger partial charge is 0.308 e. The highest BCUT2D eigenvalue weighted by atomic mass is 19.1. The fourth-order valence-corrected chi connectivity index (χ4v) is 1.83. The molecule has 0 unspecified atom stereocenters. The summed E-state index contributed by atoms with van der Waals surface area (Å²) in [6, 6.07) is 3.99. The molecule has 0 aliphatic heterocycles. The number of fused-ring (bicyclic) bond motifs is 1. The number of carbonyl (C=O) groups is 1. The van der Waals surface area contributed by atoms with Crippen LogP contribution in [0.4, 0.5) is 4.39 Å². The molecule has 0 saturated heterocycles. The van der Waals surface area contributed by atoms with Crippen LogP contribution in [0.2, 0.25) is 0 Å². The van der Waals surface area contributed by atoms with Crippen molar-refractivity contribution in [1.29, 1.82) is 0 Å². The van der Waals surface area contributed by atoms with Gasteiger partial charge >= 0.3 is 5.97 Å². The lowest BCUT2D eigenvalue weighted by Crippen LogP contribution is -2.18. The number of halogens is 1. The highest BCUT2D eigenvalue weighted by molar-refractivity contribution is 5.84. The third kappa shape index (κ3) is 2.04. The minimum Gasteiger partial charge on any atom is -0.481 e. The van der Waals surface area contributed by atoms with Crippen molar-refractivity contribution in [2.75, 3.05) is 0 Å². The average molecular weight is 235 g/mol. The molecule has 88 valence electrons. The van der Waals surface area contributed by atoms with E-state index in [4.69, 9.17) is 5.11 Å². The zero-order chi connectivity index (χ0) is 12.6. The largest absolute Gasteiger partial charge is 0.481 e. The molecule has 0 radical (unpaired) electrons. The Morgan fingerprint density at radius 2 is 2.18 bits per heavy atom. The minimum atomic E-state index is -1.09.